The van der Waals surface area contributed by atoms with Crippen LogP contribution in [0.1, 0.15) is 52.4 Å². The second-order valence-corrected chi connectivity index (χ2v) is 5.63. The van der Waals surface area contributed by atoms with Crippen molar-refractivity contribution >= 4 is 11.9 Å². The van der Waals surface area contributed by atoms with Crippen LogP contribution in [0, 0.1) is 0 Å². The molecule has 6 heteroatoms. The van der Waals surface area contributed by atoms with Crippen molar-refractivity contribution in [3.8, 4) is 0 Å². The first-order valence-electron chi connectivity index (χ1n) is 6.10. The maximum atomic E-state index is 9.10. The summed E-state index contributed by atoms with van der Waals surface area (Å²) in [5.41, 5.74) is 11.7. The third-order valence-electron chi connectivity index (χ3n) is 3.17. The fraction of sp³-hybridized carbons (Fsp3) is 0.833. The van der Waals surface area contributed by atoms with E-state index in [-0.39, 0.29) is 11.1 Å². The van der Waals surface area contributed by atoms with Crippen LogP contribution >= 0.6 is 0 Å². The Kier molecular flexibility index (Phi) is 6.28. The minimum atomic E-state index is -1.82. The summed E-state index contributed by atoms with van der Waals surface area (Å²) in [4.78, 5) is 18.2. The van der Waals surface area contributed by atoms with Crippen LogP contribution in [-0.2, 0) is 9.59 Å². The monoisotopic (exact) mass is 260 g/mol. The average molecular weight is 260 g/mol. The molecule has 0 atom stereocenters. The standard InChI is InChI=1S/2C5H11N.C2H2O4/c2*1-5(6)3-2-4-5;3-1(4)2(5)6/h2*2-4,6H2,1H3;(H,3,4)(H,5,6). The summed E-state index contributed by atoms with van der Waals surface area (Å²) in [6.07, 6.45) is 7.60. The van der Waals surface area contributed by atoms with Crippen molar-refractivity contribution in [3.63, 3.8) is 0 Å². The Labute approximate surface area is 107 Å². The van der Waals surface area contributed by atoms with Crippen LogP contribution in [0.15, 0.2) is 0 Å². The highest BCUT2D eigenvalue weighted by molar-refractivity contribution is 6.27. The second kappa shape index (κ2) is 6.70. The van der Waals surface area contributed by atoms with E-state index in [0.717, 1.165) is 0 Å². The molecule has 0 amide bonds. The summed E-state index contributed by atoms with van der Waals surface area (Å²) < 4.78 is 0. The number of nitrogens with two attached hydrogens (primary N) is 2. The molecule has 0 aromatic carbocycles. The molecule has 0 aliphatic heterocycles. The van der Waals surface area contributed by atoms with Gasteiger partial charge < -0.3 is 21.7 Å². The highest BCUT2D eigenvalue weighted by Gasteiger charge is 2.26. The van der Waals surface area contributed by atoms with Gasteiger partial charge in [-0.3, -0.25) is 0 Å². The largest absolute Gasteiger partial charge is 0.473 e. The van der Waals surface area contributed by atoms with E-state index >= 15 is 0 Å². The molecular weight excluding hydrogens is 236 g/mol. The molecule has 6 N–H and O–H groups in total. The smallest absolute Gasteiger partial charge is 0.414 e. The van der Waals surface area contributed by atoms with Crippen LogP contribution in [0.2, 0.25) is 0 Å². The highest BCUT2D eigenvalue weighted by Crippen LogP contribution is 2.27. The van der Waals surface area contributed by atoms with Crippen LogP contribution in [0.25, 0.3) is 0 Å². The van der Waals surface area contributed by atoms with E-state index in [1.807, 2.05) is 0 Å². The van der Waals surface area contributed by atoms with Crippen molar-refractivity contribution in [2.24, 2.45) is 11.5 Å². The molecule has 2 aliphatic rings. The van der Waals surface area contributed by atoms with E-state index < -0.39 is 11.9 Å². The molecule has 6 nitrogen and oxygen atoms in total. The van der Waals surface area contributed by atoms with Gasteiger partial charge in [-0.2, -0.15) is 0 Å². The zero-order valence-electron chi connectivity index (χ0n) is 11.1. The van der Waals surface area contributed by atoms with Gasteiger partial charge in [-0.1, -0.05) is 0 Å². The lowest BCUT2D eigenvalue weighted by atomic mass is 9.80. The van der Waals surface area contributed by atoms with Crippen molar-refractivity contribution < 1.29 is 19.8 Å². The molecule has 18 heavy (non-hydrogen) atoms. The van der Waals surface area contributed by atoms with Crippen molar-refractivity contribution in [1.82, 2.24) is 0 Å². The fourth-order valence-electron chi connectivity index (χ4n) is 1.47. The predicted octanol–water partition coefficient (Wildman–Crippen LogP) is 0.931. The van der Waals surface area contributed by atoms with Gasteiger partial charge in [-0.15, -0.1) is 0 Å². The van der Waals surface area contributed by atoms with Crippen LogP contribution < -0.4 is 11.5 Å². The van der Waals surface area contributed by atoms with Crippen molar-refractivity contribution in [2.45, 2.75) is 63.5 Å². The van der Waals surface area contributed by atoms with Gasteiger partial charge in [0.15, 0.2) is 0 Å². The molecule has 0 radical (unpaired) electrons. The third-order valence-corrected chi connectivity index (χ3v) is 3.17. The number of hydrogen-bond acceptors (Lipinski definition) is 4. The maximum Gasteiger partial charge on any atom is 0.414 e. The molecule has 0 bridgehead atoms. The van der Waals surface area contributed by atoms with Gasteiger partial charge in [0.1, 0.15) is 0 Å². The van der Waals surface area contributed by atoms with Gasteiger partial charge in [0, 0.05) is 11.1 Å². The molecule has 0 aromatic heterocycles. The Morgan fingerprint density at radius 2 is 1.00 bits per heavy atom. The molecule has 0 unspecified atom stereocenters. The van der Waals surface area contributed by atoms with Crippen molar-refractivity contribution in [3.05, 3.63) is 0 Å². The third kappa shape index (κ3) is 8.03. The first kappa shape index (κ1) is 16.9. The minimum absolute atomic E-state index is 0.222. The number of rotatable bonds is 0. The average Bonchev–Trinajstić information content (AvgIpc) is 2.15. The van der Waals surface area contributed by atoms with Crippen LogP contribution in [0.4, 0.5) is 0 Å². The summed E-state index contributed by atoms with van der Waals surface area (Å²) in [6.45, 7) is 4.22. The predicted molar refractivity (Wildman–Crippen MR) is 68.2 cm³/mol. The fourth-order valence-corrected chi connectivity index (χ4v) is 1.47. The zero-order valence-corrected chi connectivity index (χ0v) is 11.1. The van der Waals surface area contributed by atoms with E-state index in [1.54, 1.807) is 0 Å². The number of carbonyl (C=O) groups is 2. The van der Waals surface area contributed by atoms with Crippen LogP contribution in [0.3, 0.4) is 0 Å². The summed E-state index contributed by atoms with van der Waals surface area (Å²) in [7, 11) is 0. The zero-order chi connectivity index (χ0) is 14.4. The van der Waals surface area contributed by atoms with Gasteiger partial charge in [-0.05, 0) is 52.4 Å². The normalized spacial score (nSPS) is 21.8. The van der Waals surface area contributed by atoms with Gasteiger partial charge >= 0.3 is 11.9 Å². The van der Waals surface area contributed by atoms with Gasteiger partial charge in [-0.25, -0.2) is 9.59 Å². The minimum Gasteiger partial charge on any atom is -0.473 e. The molecular formula is C12H24N2O4. The Hall–Kier alpha value is -1.14. The summed E-state index contributed by atoms with van der Waals surface area (Å²) in [5.74, 6) is -3.65. The number of hydrogen-bond donors (Lipinski definition) is 4. The maximum absolute atomic E-state index is 9.10. The molecule has 2 rings (SSSR count). The molecule has 2 aliphatic carbocycles. The first-order valence-corrected chi connectivity index (χ1v) is 6.10. The lowest BCUT2D eigenvalue weighted by Gasteiger charge is -2.33. The lowest BCUT2D eigenvalue weighted by molar-refractivity contribution is -0.159. The first-order chi connectivity index (χ1) is 8.06. The molecule has 0 spiro atoms. The van der Waals surface area contributed by atoms with Crippen LogP contribution in [-0.4, -0.2) is 33.2 Å². The lowest BCUT2D eigenvalue weighted by Crippen LogP contribution is -2.42. The topological polar surface area (TPSA) is 127 Å². The Morgan fingerprint density at radius 1 is 0.833 bits per heavy atom. The van der Waals surface area contributed by atoms with Gasteiger partial charge in [0.25, 0.3) is 0 Å². The highest BCUT2D eigenvalue weighted by atomic mass is 16.4. The van der Waals surface area contributed by atoms with E-state index in [4.69, 9.17) is 31.3 Å². The number of aliphatic carboxylic acids is 2. The second-order valence-electron chi connectivity index (χ2n) is 5.63. The van der Waals surface area contributed by atoms with Crippen molar-refractivity contribution in [2.75, 3.05) is 0 Å². The molecule has 0 aromatic rings. The SMILES string of the molecule is CC1(N)CCC1.CC1(N)CCC1.O=C(O)C(=O)O. The summed E-state index contributed by atoms with van der Waals surface area (Å²) in [5, 5.41) is 14.8. The number of carboxylic acids is 2. The Bertz CT molecular complexity index is 258. The Morgan fingerprint density at radius 3 is 1.00 bits per heavy atom. The van der Waals surface area contributed by atoms with Gasteiger partial charge in [0.05, 0.1) is 0 Å². The summed E-state index contributed by atoms with van der Waals surface area (Å²) in [6, 6.07) is 0. The quantitative estimate of drug-likeness (QED) is 0.480. The molecule has 106 valence electrons. The summed E-state index contributed by atoms with van der Waals surface area (Å²) >= 11 is 0. The van der Waals surface area contributed by atoms with Crippen molar-refractivity contribution in [1.29, 1.82) is 0 Å². The number of carboxylic acid groups (broad SMARTS) is 2. The van der Waals surface area contributed by atoms with E-state index in [0.29, 0.717) is 0 Å². The molecule has 0 saturated heterocycles. The van der Waals surface area contributed by atoms with E-state index in [9.17, 15) is 0 Å². The van der Waals surface area contributed by atoms with Gasteiger partial charge in [0.2, 0.25) is 0 Å². The Balaban J connectivity index is 0.000000241. The van der Waals surface area contributed by atoms with E-state index in [2.05, 4.69) is 13.8 Å². The molecule has 0 heterocycles. The van der Waals surface area contributed by atoms with E-state index in [1.165, 1.54) is 38.5 Å². The molecule has 2 fully saturated rings. The van der Waals surface area contributed by atoms with Crippen LogP contribution in [0.5, 0.6) is 0 Å². The molecule has 2 saturated carbocycles.